The van der Waals surface area contributed by atoms with Crippen LogP contribution in [-0.2, 0) is 0 Å². The first-order chi connectivity index (χ1) is 7.32. The van der Waals surface area contributed by atoms with Crippen molar-refractivity contribution in [1.29, 1.82) is 5.41 Å². The summed E-state index contributed by atoms with van der Waals surface area (Å²) in [5.41, 5.74) is 1.91. The minimum atomic E-state index is 0.0833. The first-order valence-corrected chi connectivity index (χ1v) is 5.92. The first kappa shape index (κ1) is 14.9. The third-order valence-corrected chi connectivity index (χ3v) is 2.55. The Morgan fingerprint density at radius 3 is 2.31 bits per heavy atom. The van der Waals surface area contributed by atoms with E-state index >= 15 is 0 Å². The molecule has 0 saturated heterocycles. The second-order valence-electron chi connectivity index (χ2n) is 5.14. The zero-order valence-corrected chi connectivity index (χ0v) is 11.3. The molecular formula is C15H25N. The Bertz CT molecular complexity index is 300. The van der Waals surface area contributed by atoms with Gasteiger partial charge in [0.05, 0.1) is 5.71 Å². The maximum Gasteiger partial charge on any atom is 0.0536 e. The van der Waals surface area contributed by atoms with Crippen molar-refractivity contribution >= 4 is 5.71 Å². The lowest BCUT2D eigenvalue weighted by atomic mass is 9.78. The fourth-order valence-electron chi connectivity index (χ4n) is 1.62. The molecule has 0 spiro atoms. The fraction of sp³-hybridized carbons (Fsp3) is 0.533. The molecule has 0 fully saturated rings. The Hall–Kier alpha value is -1.11. The summed E-state index contributed by atoms with van der Waals surface area (Å²) in [6, 6.07) is 0. The van der Waals surface area contributed by atoms with Gasteiger partial charge in [-0.2, -0.15) is 0 Å². The highest BCUT2D eigenvalue weighted by Gasteiger charge is 2.20. The smallest absolute Gasteiger partial charge is 0.0536 e. The molecule has 1 heteroatoms. The molecular weight excluding hydrogens is 194 g/mol. The molecule has 90 valence electrons. The van der Waals surface area contributed by atoms with Crippen LogP contribution in [0.3, 0.4) is 0 Å². The van der Waals surface area contributed by atoms with E-state index in [4.69, 9.17) is 5.41 Å². The molecule has 0 aromatic carbocycles. The summed E-state index contributed by atoms with van der Waals surface area (Å²) >= 11 is 0. The van der Waals surface area contributed by atoms with Crippen LogP contribution in [0.1, 0.15) is 41.0 Å². The third-order valence-electron chi connectivity index (χ3n) is 2.55. The van der Waals surface area contributed by atoms with E-state index in [1.165, 1.54) is 5.57 Å². The van der Waals surface area contributed by atoms with E-state index in [1.807, 2.05) is 24.3 Å². The molecule has 0 saturated carbocycles. The summed E-state index contributed by atoms with van der Waals surface area (Å²) in [4.78, 5) is 0. The summed E-state index contributed by atoms with van der Waals surface area (Å²) < 4.78 is 0. The highest BCUT2D eigenvalue weighted by atomic mass is 14.4. The lowest BCUT2D eigenvalue weighted by molar-refractivity contribution is 0.463. The predicted molar refractivity (Wildman–Crippen MR) is 74.1 cm³/mol. The van der Waals surface area contributed by atoms with Gasteiger partial charge in [0.25, 0.3) is 0 Å². The average molecular weight is 219 g/mol. The molecule has 1 unspecified atom stereocenters. The SMILES string of the molecule is C=CC(C)/C(=C\C(=N)/C=C/CC)C(C)(C)C. The Morgan fingerprint density at radius 2 is 1.94 bits per heavy atom. The van der Waals surface area contributed by atoms with Gasteiger partial charge in [-0.05, 0) is 29.9 Å². The van der Waals surface area contributed by atoms with Crippen LogP contribution in [0.15, 0.2) is 36.5 Å². The van der Waals surface area contributed by atoms with Crippen molar-refractivity contribution < 1.29 is 0 Å². The zero-order chi connectivity index (χ0) is 12.8. The van der Waals surface area contributed by atoms with Gasteiger partial charge in [-0.15, -0.1) is 6.58 Å². The molecule has 1 N–H and O–H groups in total. The van der Waals surface area contributed by atoms with Gasteiger partial charge in [-0.3, -0.25) is 0 Å². The summed E-state index contributed by atoms with van der Waals surface area (Å²) in [6.45, 7) is 14.6. The van der Waals surface area contributed by atoms with Gasteiger partial charge in [-0.1, -0.05) is 52.3 Å². The highest BCUT2D eigenvalue weighted by molar-refractivity contribution is 6.02. The first-order valence-electron chi connectivity index (χ1n) is 5.92. The van der Waals surface area contributed by atoms with E-state index in [0.29, 0.717) is 11.6 Å². The van der Waals surface area contributed by atoms with E-state index in [2.05, 4.69) is 41.2 Å². The minimum Gasteiger partial charge on any atom is -0.301 e. The second-order valence-corrected chi connectivity index (χ2v) is 5.14. The van der Waals surface area contributed by atoms with Crippen molar-refractivity contribution in [2.24, 2.45) is 11.3 Å². The molecule has 1 atom stereocenters. The molecule has 0 aliphatic rings. The quantitative estimate of drug-likeness (QED) is 0.509. The fourth-order valence-corrected chi connectivity index (χ4v) is 1.62. The van der Waals surface area contributed by atoms with E-state index in [-0.39, 0.29) is 5.41 Å². The van der Waals surface area contributed by atoms with Crippen molar-refractivity contribution in [2.45, 2.75) is 41.0 Å². The van der Waals surface area contributed by atoms with Crippen LogP contribution in [0, 0.1) is 16.7 Å². The van der Waals surface area contributed by atoms with Crippen LogP contribution < -0.4 is 0 Å². The van der Waals surface area contributed by atoms with Gasteiger partial charge in [0.15, 0.2) is 0 Å². The highest BCUT2D eigenvalue weighted by Crippen LogP contribution is 2.31. The summed E-state index contributed by atoms with van der Waals surface area (Å²) in [6.07, 6.45) is 8.75. The molecule has 0 bridgehead atoms. The topological polar surface area (TPSA) is 23.9 Å². The van der Waals surface area contributed by atoms with Gasteiger partial charge in [0.1, 0.15) is 0 Å². The number of hydrogen-bond acceptors (Lipinski definition) is 1. The number of nitrogens with one attached hydrogen (secondary N) is 1. The maximum atomic E-state index is 7.87. The van der Waals surface area contributed by atoms with Crippen molar-refractivity contribution in [3.8, 4) is 0 Å². The zero-order valence-electron chi connectivity index (χ0n) is 11.3. The van der Waals surface area contributed by atoms with Crippen LogP contribution in [-0.4, -0.2) is 5.71 Å². The summed E-state index contributed by atoms with van der Waals surface area (Å²) in [5, 5.41) is 7.87. The second kappa shape index (κ2) is 6.47. The van der Waals surface area contributed by atoms with Gasteiger partial charge in [0, 0.05) is 0 Å². The largest absolute Gasteiger partial charge is 0.301 e. The maximum absolute atomic E-state index is 7.87. The van der Waals surface area contributed by atoms with Crippen molar-refractivity contribution in [3.05, 3.63) is 36.5 Å². The van der Waals surface area contributed by atoms with E-state index in [0.717, 1.165) is 6.42 Å². The third kappa shape index (κ3) is 5.11. The number of rotatable bonds is 5. The monoisotopic (exact) mass is 219 g/mol. The summed E-state index contributed by atoms with van der Waals surface area (Å²) in [7, 11) is 0. The summed E-state index contributed by atoms with van der Waals surface area (Å²) in [5.74, 6) is 0.315. The van der Waals surface area contributed by atoms with Crippen LogP contribution in [0.25, 0.3) is 0 Å². The van der Waals surface area contributed by atoms with Crippen LogP contribution in [0.2, 0.25) is 0 Å². The molecule has 1 nitrogen and oxygen atoms in total. The average Bonchev–Trinajstić information content (AvgIpc) is 2.20. The van der Waals surface area contributed by atoms with Crippen LogP contribution in [0.5, 0.6) is 0 Å². The molecule has 0 aliphatic carbocycles. The van der Waals surface area contributed by atoms with Crippen molar-refractivity contribution in [1.82, 2.24) is 0 Å². The molecule has 0 aromatic heterocycles. The molecule has 16 heavy (non-hydrogen) atoms. The minimum absolute atomic E-state index is 0.0833. The molecule has 0 aliphatic heterocycles. The lowest BCUT2D eigenvalue weighted by Crippen LogP contribution is -2.16. The number of hydrogen-bond donors (Lipinski definition) is 1. The lowest BCUT2D eigenvalue weighted by Gasteiger charge is -2.26. The predicted octanol–water partition coefficient (Wildman–Crippen LogP) is 4.77. The molecule has 0 amide bonds. The molecule has 0 rings (SSSR count). The van der Waals surface area contributed by atoms with Crippen LogP contribution in [0.4, 0.5) is 0 Å². The normalized spacial score (nSPS) is 15.2. The van der Waals surface area contributed by atoms with Gasteiger partial charge in [0.2, 0.25) is 0 Å². The van der Waals surface area contributed by atoms with E-state index in [1.54, 1.807) is 0 Å². The van der Waals surface area contributed by atoms with E-state index in [9.17, 15) is 0 Å². The van der Waals surface area contributed by atoms with Crippen LogP contribution >= 0.6 is 0 Å². The molecule has 0 heterocycles. The number of allylic oxidation sites excluding steroid dienone is 5. The van der Waals surface area contributed by atoms with Gasteiger partial charge < -0.3 is 5.41 Å². The Kier molecular flexibility index (Phi) is 6.02. The van der Waals surface area contributed by atoms with Gasteiger partial charge >= 0.3 is 0 Å². The van der Waals surface area contributed by atoms with E-state index < -0.39 is 0 Å². The Balaban J connectivity index is 5.04. The standard InChI is InChI=1S/C15H25N/c1-7-9-10-13(16)11-14(12(3)8-2)15(4,5)6/h8-12,16H,2,7H2,1,3-6H3/b10-9+,14-11+,16-13?. The molecule has 0 radical (unpaired) electrons. The Labute approximate surface area is 100 Å². The molecule has 0 aromatic rings. The van der Waals surface area contributed by atoms with Crippen molar-refractivity contribution in [3.63, 3.8) is 0 Å². The van der Waals surface area contributed by atoms with Gasteiger partial charge in [-0.25, -0.2) is 0 Å². The Morgan fingerprint density at radius 1 is 1.38 bits per heavy atom. The van der Waals surface area contributed by atoms with Crippen molar-refractivity contribution in [2.75, 3.05) is 0 Å².